The number of thiazole rings is 1. The summed E-state index contributed by atoms with van der Waals surface area (Å²) in [5, 5.41) is 6.64. The van der Waals surface area contributed by atoms with Crippen LogP contribution in [-0.4, -0.2) is 23.7 Å². The summed E-state index contributed by atoms with van der Waals surface area (Å²) in [5.74, 6) is 0. The maximum absolute atomic E-state index is 11.7. The lowest BCUT2D eigenvalue weighted by Crippen LogP contribution is -2.27. The van der Waals surface area contributed by atoms with Crippen molar-refractivity contribution in [2.75, 3.05) is 12.4 Å². The average molecular weight is 283 g/mol. The molecule has 1 aromatic rings. The molecule has 6 heteroatoms. The van der Waals surface area contributed by atoms with Crippen LogP contribution in [0.15, 0.2) is 0 Å². The third-order valence-corrected chi connectivity index (χ3v) is 4.34. The summed E-state index contributed by atoms with van der Waals surface area (Å²) in [4.78, 5) is 17.3. The van der Waals surface area contributed by atoms with E-state index in [4.69, 9.17) is 4.74 Å². The molecule has 1 heterocycles. The smallest absolute Gasteiger partial charge is 0.413 e. The molecule has 0 radical (unpaired) electrons. The number of carbonyl (C=O) groups is 1. The van der Waals surface area contributed by atoms with Crippen LogP contribution in [0.2, 0.25) is 0 Å². The first-order valence-electron chi connectivity index (χ1n) is 6.42. The van der Waals surface area contributed by atoms with Crippen LogP contribution in [0.3, 0.4) is 0 Å². The number of hydrogen-bond acceptors (Lipinski definition) is 5. The molecule has 1 saturated carbocycles. The fourth-order valence-corrected chi connectivity index (χ4v) is 3.21. The Kier molecular flexibility index (Phi) is 3.57. The molecule has 2 rings (SSSR count). The molecule has 1 aliphatic carbocycles. The lowest BCUT2D eigenvalue weighted by Gasteiger charge is -2.18. The van der Waals surface area contributed by atoms with E-state index in [0.717, 1.165) is 18.5 Å². The zero-order valence-corrected chi connectivity index (χ0v) is 12.9. The van der Waals surface area contributed by atoms with Gasteiger partial charge < -0.3 is 10.1 Å². The third kappa shape index (κ3) is 3.25. The Labute approximate surface area is 117 Å². The molecule has 0 aliphatic heterocycles. The molecule has 0 unspecified atom stereocenters. The molecule has 0 saturated heterocycles. The molecule has 0 spiro atoms. The summed E-state index contributed by atoms with van der Waals surface area (Å²) in [5.41, 5.74) is 0.556. The zero-order valence-electron chi connectivity index (χ0n) is 12.1. The van der Waals surface area contributed by atoms with Crippen molar-refractivity contribution in [3.8, 4) is 0 Å². The van der Waals surface area contributed by atoms with E-state index in [1.165, 1.54) is 16.2 Å². The van der Waals surface area contributed by atoms with Gasteiger partial charge >= 0.3 is 6.09 Å². The Hall–Kier alpha value is -1.14. The molecule has 2 N–H and O–H groups in total. The van der Waals surface area contributed by atoms with Crippen molar-refractivity contribution in [1.29, 1.82) is 0 Å². The van der Waals surface area contributed by atoms with E-state index in [2.05, 4.69) is 15.6 Å². The molecule has 5 nitrogen and oxygen atoms in total. The molecular weight excluding hydrogens is 262 g/mol. The van der Waals surface area contributed by atoms with E-state index >= 15 is 0 Å². The van der Waals surface area contributed by atoms with Gasteiger partial charge in [0.15, 0.2) is 5.13 Å². The number of rotatable bonds is 3. The maximum Gasteiger partial charge on any atom is 0.413 e. The van der Waals surface area contributed by atoms with E-state index in [-0.39, 0.29) is 5.54 Å². The van der Waals surface area contributed by atoms with Crippen molar-refractivity contribution >= 4 is 22.6 Å². The van der Waals surface area contributed by atoms with Crippen LogP contribution in [0.4, 0.5) is 9.93 Å². The van der Waals surface area contributed by atoms with Crippen molar-refractivity contribution in [2.24, 2.45) is 0 Å². The molecule has 0 aromatic carbocycles. The minimum Gasteiger partial charge on any atom is -0.444 e. The molecular formula is C13H21N3O2S. The standard InChI is InChI=1S/C13H21N3O2S/c1-8-9(13(14-5)6-7-13)19-10(15-8)16-11(17)18-12(2,3)4/h14H,6-7H2,1-5H3,(H,15,16,17). The van der Waals surface area contributed by atoms with Crippen LogP contribution in [0, 0.1) is 6.92 Å². The molecule has 1 aromatic heterocycles. The largest absolute Gasteiger partial charge is 0.444 e. The van der Waals surface area contributed by atoms with Gasteiger partial charge in [0.05, 0.1) is 11.2 Å². The SMILES string of the molecule is CNC1(c2sc(NC(=O)OC(C)(C)C)nc2C)CC1. The van der Waals surface area contributed by atoms with Gasteiger partial charge in [-0.25, -0.2) is 9.78 Å². The number of nitrogens with one attached hydrogen (secondary N) is 2. The zero-order chi connectivity index (χ0) is 14.3. The molecule has 1 aliphatic rings. The number of hydrogen-bond donors (Lipinski definition) is 2. The second-order valence-corrected chi connectivity index (χ2v) is 6.89. The topological polar surface area (TPSA) is 63.2 Å². The Bertz CT molecular complexity index is 487. The summed E-state index contributed by atoms with van der Waals surface area (Å²) in [7, 11) is 1.97. The summed E-state index contributed by atoms with van der Waals surface area (Å²) in [6.45, 7) is 7.49. The molecule has 1 fully saturated rings. The lowest BCUT2D eigenvalue weighted by molar-refractivity contribution is 0.0636. The predicted octanol–water partition coefficient (Wildman–Crippen LogP) is 3.01. The van der Waals surface area contributed by atoms with Crippen LogP contribution in [0.5, 0.6) is 0 Å². The summed E-state index contributed by atoms with van der Waals surface area (Å²) >= 11 is 1.52. The Morgan fingerprint density at radius 1 is 1.42 bits per heavy atom. The van der Waals surface area contributed by atoms with Gasteiger partial charge in [-0.05, 0) is 47.6 Å². The number of amides is 1. The van der Waals surface area contributed by atoms with Crippen molar-refractivity contribution < 1.29 is 9.53 Å². The van der Waals surface area contributed by atoms with Crippen LogP contribution in [0.1, 0.15) is 44.2 Å². The quantitative estimate of drug-likeness (QED) is 0.895. The highest BCUT2D eigenvalue weighted by Crippen LogP contribution is 2.49. The van der Waals surface area contributed by atoms with E-state index in [9.17, 15) is 4.79 Å². The van der Waals surface area contributed by atoms with Gasteiger partial charge in [0, 0.05) is 4.88 Å². The molecule has 0 atom stereocenters. The Balaban J connectivity index is 2.07. The fraction of sp³-hybridized carbons (Fsp3) is 0.692. The second kappa shape index (κ2) is 4.76. The van der Waals surface area contributed by atoms with Crippen molar-refractivity contribution in [3.05, 3.63) is 10.6 Å². The fourth-order valence-electron chi connectivity index (χ4n) is 2.00. The molecule has 106 valence electrons. The number of anilines is 1. The van der Waals surface area contributed by atoms with Crippen LogP contribution >= 0.6 is 11.3 Å². The highest BCUT2D eigenvalue weighted by atomic mass is 32.1. The van der Waals surface area contributed by atoms with Gasteiger partial charge in [-0.15, -0.1) is 0 Å². The minimum atomic E-state index is -0.498. The highest BCUT2D eigenvalue weighted by molar-refractivity contribution is 7.16. The molecule has 1 amide bonds. The van der Waals surface area contributed by atoms with E-state index in [1.807, 2.05) is 34.7 Å². The Morgan fingerprint density at radius 3 is 2.53 bits per heavy atom. The van der Waals surface area contributed by atoms with Gasteiger partial charge in [0.25, 0.3) is 0 Å². The summed E-state index contributed by atoms with van der Waals surface area (Å²) in [6, 6.07) is 0. The normalized spacial score (nSPS) is 17.1. The first-order chi connectivity index (χ1) is 8.76. The highest BCUT2D eigenvalue weighted by Gasteiger charge is 2.45. The summed E-state index contributed by atoms with van der Waals surface area (Å²) in [6.07, 6.45) is 1.79. The van der Waals surface area contributed by atoms with Gasteiger partial charge in [-0.2, -0.15) is 0 Å². The van der Waals surface area contributed by atoms with Crippen LogP contribution in [0.25, 0.3) is 0 Å². The van der Waals surface area contributed by atoms with Crippen LogP contribution < -0.4 is 10.6 Å². The van der Waals surface area contributed by atoms with Crippen molar-refractivity contribution in [3.63, 3.8) is 0 Å². The summed E-state index contributed by atoms with van der Waals surface area (Å²) < 4.78 is 5.22. The monoisotopic (exact) mass is 283 g/mol. The van der Waals surface area contributed by atoms with E-state index < -0.39 is 11.7 Å². The van der Waals surface area contributed by atoms with Gasteiger partial charge in [0.2, 0.25) is 0 Å². The van der Waals surface area contributed by atoms with E-state index in [1.54, 1.807) is 0 Å². The number of aryl methyl sites for hydroxylation is 1. The number of nitrogens with zero attached hydrogens (tertiary/aromatic N) is 1. The minimum absolute atomic E-state index is 0.0790. The van der Waals surface area contributed by atoms with Crippen molar-refractivity contribution in [2.45, 2.75) is 51.7 Å². The molecule has 19 heavy (non-hydrogen) atoms. The first kappa shape index (κ1) is 14.3. The third-order valence-electron chi connectivity index (χ3n) is 3.07. The van der Waals surface area contributed by atoms with Crippen LogP contribution in [-0.2, 0) is 10.3 Å². The number of carbonyl (C=O) groups excluding carboxylic acids is 1. The van der Waals surface area contributed by atoms with Gasteiger partial charge in [-0.1, -0.05) is 11.3 Å². The number of aromatic nitrogens is 1. The average Bonchev–Trinajstić information content (AvgIpc) is 2.96. The van der Waals surface area contributed by atoms with Gasteiger partial charge in [0.1, 0.15) is 5.60 Å². The first-order valence-corrected chi connectivity index (χ1v) is 7.24. The second-order valence-electron chi connectivity index (χ2n) is 5.89. The lowest BCUT2D eigenvalue weighted by atomic mass is 10.2. The predicted molar refractivity (Wildman–Crippen MR) is 76.7 cm³/mol. The van der Waals surface area contributed by atoms with Crippen molar-refractivity contribution in [1.82, 2.24) is 10.3 Å². The maximum atomic E-state index is 11.7. The van der Waals surface area contributed by atoms with E-state index in [0.29, 0.717) is 5.13 Å². The van der Waals surface area contributed by atoms with Gasteiger partial charge in [-0.3, -0.25) is 5.32 Å². The number of ether oxygens (including phenoxy) is 1. The Morgan fingerprint density at radius 2 is 2.05 bits per heavy atom. The molecule has 0 bridgehead atoms.